The second kappa shape index (κ2) is 8.74. The molecule has 0 aliphatic rings. The van der Waals surface area contributed by atoms with Gasteiger partial charge in [0.25, 0.3) is 5.91 Å². The SMILES string of the molecule is CC(NC(=O)Cn1nc(C(N)=O)c2ccccc21)C(=O)NCc1cccc(Cl)c1. The predicted octanol–water partition coefficient (Wildman–Crippen LogP) is 1.61. The van der Waals surface area contributed by atoms with Crippen LogP contribution in [-0.2, 0) is 22.7 Å². The maximum absolute atomic E-state index is 12.4. The summed E-state index contributed by atoms with van der Waals surface area (Å²) in [5.74, 6) is -1.42. The summed E-state index contributed by atoms with van der Waals surface area (Å²) in [4.78, 5) is 36.2. The molecule has 0 aliphatic heterocycles. The molecule has 3 aromatic rings. The fourth-order valence-corrected chi connectivity index (χ4v) is 3.12. The van der Waals surface area contributed by atoms with Gasteiger partial charge < -0.3 is 16.4 Å². The molecule has 29 heavy (non-hydrogen) atoms. The second-order valence-electron chi connectivity index (χ2n) is 6.52. The third-order valence-corrected chi connectivity index (χ3v) is 4.55. The first-order valence-electron chi connectivity index (χ1n) is 8.92. The number of hydrogen-bond donors (Lipinski definition) is 3. The van der Waals surface area contributed by atoms with Crippen LogP contribution in [-0.4, -0.2) is 33.5 Å². The third-order valence-electron chi connectivity index (χ3n) is 4.31. The number of rotatable bonds is 7. The van der Waals surface area contributed by atoms with Gasteiger partial charge in [-0.2, -0.15) is 5.10 Å². The summed E-state index contributed by atoms with van der Waals surface area (Å²) in [6, 6.07) is 13.4. The van der Waals surface area contributed by atoms with Crippen LogP contribution in [0.25, 0.3) is 10.9 Å². The molecule has 0 saturated carbocycles. The van der Waals surface area contributed by atoms with Gasteiger partial charge in [-0.05, 0) is 30.7 Å². The summed E-state index contributed by atoms with van der Waals surface area (Å²) in [6.07, 6.45) is 0. The molecule has 0 spiro atoms. The molecule has 3 amide bonds. The smallest absolute Gasteiger partial charge is 0.269 e. The molecule has 9 heteroatoms. The lowest BCUT2D eigenvalue weighted by Crippen LogP contribution is -2.45. The van der Waals surface area contributed by atoms with Gasteiger partial charge in [-0.3, -0.25) is 19.1 Å². The van der Waals surface area contributed by atoms with Gasteiger partial charge in [0, 0.05) is 17.0 Å². The minimum Gasteiger partial charge on any atom is -0.364 e. The number of nitrogens with zero attached hydrogens (tertiary/aromatic N) is 2. The van der Waals surface area contributed by atoms with E-state index in [2.05, 4.69) is 15.7 Å². The predicted molar refractivity (Wildman–Crippen MR) is 109 cm³/mol. The molecule has 2 aromatic carbocycles. The number of amides is 3. The number of hydrogen-bond acceptors (Lipinski definition) is 4. The maximum Gasteiger partial charge on any atom is 0.269 e. The van der Waals surface area contributed by atoms with E-state index in [1.165, 1.54) is 4.68 Å². The van der Waals surface area contributed by atoms with Crippen LogP contribution in [0, 0.1) is 0 Å². The van der Waals surface area contributed by atoms with Gasteiger partial charge in [-0.1, -0.05) is 41.9 Å². The molecule has 1 heterocycles. The van der Waals surface area contributed by atoms with E-state index in [1.54, 1.807) is 49.4 Å². The average Bonchev–Trinajstić information content (AvgIpc) is 3.05. The molecule has 4 N–H and O–H groups in total. The zero-order chi connectivity index (χ0) is 21.0. The number of carbonyl (C=O) groups is 3. The van der Waals surface area contributed by atoms with Gasteiger partial charge in [0.2, 0.25) is 11.8 Å². The van der Waals surface area contributed by atoms with Crippen LogP contribution in [0.2, 0.25) is 5.02 Å². The van der Waals surface area contributed by atoms with Gasteiger partial charge in [0.05, 0.1) is 5.52 Å². The van der Waals surface area contributed by atoms with Gasteiger partial charge in [0.15, 0.2) is 5.69 Å². The van der Waals surface area contributed by atoms with Crippen LogP contribution in [0.15, 0.2) is 48.5 Å². The van der Waals surface area contributed by atoms with Crippen molar-refractivity contribution >= 4 is 40.2 Å². The number of para-hydroxylation sites is 1. The highest BCUT2D eigenvalue weighted by molar-refractivity contribution is 6.30. The summed E-state index contributed by atoms with van der Waals surface area (Å²) >= 11 is 5.92. The number of carbonyl (C=O) groups excluding carboxylic acids is 3. The fourth-order valence-electron chi connectivity index (χ4n) is 2.91. The zero-order valence-corrected chi connectivity index (χ0v) is 16.4. The highest BCUT2D eigenvalue weighted by Crippen LogP contribution is 2.18. The Labute approximate surface area is 172 Å². The summed E-state index contributed by atoms with van der Waals surface area (Å²) in [6.45, 7) is 1.73. The van der Waals surface area contributed by atoms with Crippen molar-refractivity contribution in [3.63, 3.8) is 0 Å². The van der Waals surface area contributed by atoms with Crippen LogP contribution in [0.3, 0.4) is 0 Å². The second-order valence-corrected chi connectivity index (χ2v) is 6.96. The topological polar surface area (TPSA) is 119 Å². The number of benzene rings is 2. The Morgan fingerprint density at radius 2 is 1.93 bits per heavy atom. The first-order chi connectivity index (χ1) is 13.8. The summed E-state index contributed by atoms with van der Waals surface area (Å²) < 4.78 is 1.39. The first-order valence-corrected chi connectivity index (χ1v) is 9.30. The molecule has 150 valence electrons. The van der Waals surface area contributed by atoms with Crippen molar-refractivity contribution in [2.75, 3.05) is 0 Å². The molecule has 8 nitrogen and oxygen atoms in total. The first kappa shape index (κ1) is 20.3. The summed E-state index contributed by atoms with van der Waals surface area (Å²) in [5, 5.41) is 10.7. The Morgan fingerprint density at radius 1 is 1.17 bits per heavy atom. The van der Waals surface area contributed by atoms with E-state index in [1.807, 2.05) is 6.07 Å². The Morgan fingerprint density at radius 3 is 2.66 bits per heavy atom. The number of primary amides is 1. The molecule has 0 bridgehead atoms. The van der Waals surface area contributed by atoms with E-state index in [4.69, 9.17) is 17.3 Å². The number of aromatic nitrogens is 2. The Balaban J connectivity index is 1.61. The Bertz CT molecular complexity index is 1080. The molecule has 0 radical (unpaired) electrons. The minimum absolute atomic E-state index is 0.0979. The molecular formula is C20H20ClN5O3. The van der Waals surface area contributed by atoms with Gasteiger partial charge in [-0.15, -0.1) is 0 Å². The lowest BCUT2D eigenvalue weighted by molar-refractivity contribution is -0.129. The van der Waals surface area contributed by atoms with Crippen LogP contribution in [0.5, 0.6) is 0 Å². The highest BCUT2D eigenvalue weighted by atomic mass is 35.5. The molecule has 0 aliphatic carbocycles. The minimum atomic E-state index is -0.751. The van der Waals surface area contributed by atoms with E-state index in [0.29, 0.717) is 22.5 Å². The zero-order valence-electron chi connectivity index (χ0n) is 15.7. The largest absolute Gasteiger partial charge is 0.364 e. The quantitative estimate of drug-likeness (QED) is 0.545. The van der Waals surface area contributed by atoms with Crippen molar-refractivity contribution in [1.29, 1.82) is 0 Å². The number of fused-ring (bicyclic) bond motifs is 1. The van der Waals surface area contributed by atoms with E-state index in [-0.39, 0.29) is 18.1 Å². The average molecular weight is 414 g/mol. The monoisotopic (exact) mass is 413 g/mol. The Kier molecular flexibility index (Phi) is 6.13. The van der Waals surface area contributed by atoms with Crippen molar-refractivity contribution in [3.05, 3.63) is 64.8 Å². The molecule has 0 saturated heterocycles. The van der Waals surface area contributed by atoms with Crippen molar-refractivity contribution in [2.45, 2.75) is 26.1 Å². The molecule has 3 rings (SSSR count). The number of nitrogens with one attached hydrogen (secondary N) is 2. The normalized spacial score (nSPS) is 11.8. The number of halogens is 1. The number of nitrogens with two attached hydrogens (primary N) is 1. The van der Waals surface area contributed by atoms with Crippen LogP contribution >= 0.6 is 11.6 Å². The van der Waals surface area contributed by atoms with E-state index >= 15 is 0 Å². The van der Waals surface area contributed by atoms with Gasteiger partial charge >= 0.3 is 0 Å². The molecular weight excluding hydrogens is 394 g/mol. The molecule has 1 unspecified atom stereocenters. The lowest BCUT2D eigenvalue weighted by atomic mass is 10.2. The van der Waals surface area contributed by atoms with Crippen molar-refractivity contribution in [3.8, 4) is 0 Å². The van der Waals surface area contributed by atoms with Crippen molar-refractivity contribution < 1.29 is 14.4 Å². The van der Waals surface area contributed by atoms with Crippen LogP contribution < -0.4 is 16.4 Å². The molecule has 1 atom stereocenters. The third kappa shape index (κ3) is 4.91. The fraction of sp³-hybridized carbons (Fsp3) is 0.200. The van der Waals surface area contributed by atoms with Crippen LogP contribution in [0.4, 0.5) is 0 Å². The molecule has 0 fully saturated rings. The van der Waals surface area contributed by atoms with E-state index < -0.39 is 17.9 Å². The lowest BCUT2D eigenvalue weighted by Gasteiger charge is -2.14. The standard InChI is InChI=1S/C20H20ClN5O3/c1-12(20(29)23-10-13-5-4-6-14(21)9-13)24-17(27)11-26-16-8-3-2-7-15(16)18(25-26)19(22)28/h2-9,12H,10-11H2,1H3,(H2,22,28)(H,23,29)(H,24,27). The van der Waals surface area contributed by atoms with Gasteiger partial charge in [0.1, 0.15) is 12.6 Å². The van der Waals surface area contributed by atoms with Crippen molar-refractivity contribution in [2.24, 2.45) is 5.73 Å². The summed E-state index contributed by atoms with van der Waals surface area (Å²) in [5.41, 5.74) is 6.92. The Hall–Kier alpha value is -3.39. The summed E-state index contributed by atoms with van der Waals surface area (Å²) in [7, 11) is 0. The maximum atomic E-state index is 12.4. The molecule has 1 aromatic heterocycles. The highest BCUT2D eigenvalue weighted by Gasteiger charge is 2.19. The van der Waals surface area contributed by atoms with Gasteiger partial charge in [-0.25, -0.2) is 0 Å². The van der Waals surface area contributed by atoms with Crippen molar-refractivity contribution in [1.82, 2.24) is 20.4 Å². The van der Waals surface area contributed by atoms with Crippen LogP contribution in [0.1, 0.15) is 23.0 Å². The van der Waals surface area contributed by atoms with E-state index in [0.717, 1.165) is 5.56 Å². The van der Waals surface area contributed by atoms with E-state index in [9.17, 15) is 14.4 Å².